The van der Waals surface area contributed by atoms with Crippen molar-refractivity contribution < 1.29 is 125 Å². The number of carboxylic acid groups (broad SMARTS) is 2. The smallest absolute Gasteiger partial charge is 0.426 e. The Morgan fingerprint density at radius 3 is 0.900 bits per heavy atom. The number of ether oxygens (including phenoxy) is 2. The number of carbonyl (C=O) groups excluding carboxylic acids is 4. The summed E-state index contributed by atoms with van der Waals surface area (Å²) < 4.78 is 6.71. The molecule has 0 saturated heterocycles. The molecule has 0 saturated carbocycles. The van der Waals surface area contributed by atoms with Crippen LogP contribution in [0, 0.1) is 0 Å². The van der Waals surface area contributed by atoms with Crippen LogP contribution >= 0.6 is 0 Å². The quantitative estimate of drug-likeness (QED) is 0.115. The Hall–Kier alpha value is -0.364. The molecule has 0 aliphatic heterocycles. The molecule has 128 valence electrons. The monoisotopic (exact) mass is 750 g/mol. The van der Waals surface area contributed by atoms with Gasteiger partial charge in [0.15, 0.2) is 0 Å². The van der Waals surface area contributed by atoms with E-state index < -0.39 is 35.8 Å². The normalized spacial score (nSPS) is 7.00. The van der Waals surface area contributed by atoms with Crippen molar-refractivity contribution in [2.75, 3.05) is 0 Å². The molecule has 0 spiro atoms. The van der Waals surface area contributed by atoms with E-state index in [1.807, 2.05) is 0 Å². The zero-order valence-corrected chi connectivity index (χ0v) is 14.8. The average molecular weight is 751 g/mol. The Kier molecular flexibility index (Phi) is 23.9. The van der Waals surface area contributed by atoms with E-state index in [1.54, 1.807) is 0 Å². The fraction of sp³-hybridized carbons (Fsp3) is 0. The second-order valence-corrected chi connectivity index (χ2v) is 1.96. The number of esters is 4. The van der Waals surface area contributed by atoms with E-state index in [0.29, 0.717) is 0 Å². The van der Waals surface area contributed by atoms with Crippen LogP contribution in [0.1, 0.15) is 0 Å². The van der Waals surface area contributed by atoms with Gasteiger partial charge in [0.25, 0.3) is 0 Å². The summed E-state index contributed by atoms with van der Waals surface area (Å²) in [6, 6.07) is 0. The van der Waals surface area contributed by atoms with Gasteiger partial charge in [-0.3, -0.25) is 0 Å². The molecule has 10 nitrogen and oxygen atoms in total. The van der Waals surface area contributed by atoms with Gasteiger partial charge in [-0.2, -0.15) is 0 Å². The van der Waals surface area contributed by atoms with E-state index in [-0.39, 0.29) is 76.3 Å². The van der Waals surface area contributed by atoms with E-state index in [2.05, 4.69) is 9.47 Å². The first-order valence-corrected chi connectivity index (χ1v) is 3.24. The van der Waals surface area contributed by atoms with Crippen LogP contribution in [-0.2, 0) is 115 Å². The molecule has 0 atom stereocenters. The molecule has 0 aliphatic rings. The first-order valence-electron chi connectivity index (χ1n) is 3.24. The van der Waals surface area contributed by atoms with Crippen LogP contribution in [0.3, 0.4) is 0 Å². The first kappa shape index (κ1) is 31.8. The van der Waals surface area contributed by atoms with Crippen molar-refractivity contribution in [3.8, 4) is 0 Å². The van der Waals surface area contributed by atoms with Crippen LogP contribution in [0.5, 0.6) is 0 Å². The molecule has 2 N–H and O–H groups in total. The van der Waals surface area contributed by atoms with Crippen molar-refractivity contribution in [1.82, 2.24) is 0 Å². The summed E-state index contributed by atoms with van der Waals surface area (Å²) >= 11 is 0. The summed E-state index contributed by atoms with van der Waals surface area (Å²) in [4.78, 5) is 61.1. The predicted molar refractivity (Wildman–Crippen MR) is 37.5 cm³/mol. The van der Waals surface area contributed by atoms with Gasteiger partial charge in [-0.05, 0) is 0 Å². The van der Waals surface area contributed by atoms with Crippen LogP contribution in [0.2, 0.25) is 0 Å². The summed E-state index contributed by atoms with van der Waals surface area (Å²) in [5.41, 5.74) is 0. The summed E-state index contributed by atoms with van der Waals surface area (Å²) in [7, 11) is 0. The molecule has 0 bridgehead atoms. The van der Waals surface area contributed by atoms with Crippen molar-refractivity contribution >= 4 is 35.8 Å². The molecule has 0 aromatic carbocycles. The molecule has 0 heterocycles. The molecule has 0 fully saturated rings. The summed E-state index contributed by atoms with van der Waals surface area (Å²) in [6.07, 6.45) is 0. The first-order chi connectivity index (χ1) is 7.25. The molecule has 14 heteroatoms. The van der Waals surface area contributed by atoms with E-state index in [9.17, 15) is 28.8 Å². The number of carboxylic acids is 2. The minimum absolute atomic E-state index is 0. The average Bonchev–Trinajstić information content (AvgIpc) is 2.16. The van der Waals surface area contributed by atoms with Crippen molar-refractivity contribution in [3.05, 3.63) is 0 Å². The fourth-order valence-corrected chi connectivity index (χ4v) is 0.339. The van der Waals surface area contributed by atoms with E-state index in [4.69, 9.17) is 10.2 Å². The maximum absolute atomic E-state index is 10.5. The predicted octanol–water partition coefficient (Wildman–Crippen LogP) is -2.71. The summed E-state index contributed by atoms with van der Waals surface area (Å²) in [6.45, 7) is 0. The standard InChI is InChI=1S/C6H2O10.2Cu.2Pt/c7-1(8)3(11)15-5(13)6(14)16-4(12)2(9)10;;;;/h(H,7,8)(H,9,10);;;;. The number of carbonyl (C=O) groups is 6. The molecule has 0 amide bonds. The Morgan fingerprint density at radius 2 is 0.750 bits per heavy atom. The third-order valence-corrected chi connectivity index (χ3v) is 0.887. The van der Waals surface area contributed by atoms with Gasteiger partial charge in [0.1, 0.15) is 0 Å². The van der Waals surface area contributed by atoms with Crippen LogP contribution < -0.4 is 0 Å². The van der Waals surface area contributed by atoms with E-state index >= 15 is 0 Å². The van der Waals surface area contributed by atoms with Gasteiger partial charge in [0, 0.05) is 76.3 Å². The Balaban J connectivity index is -0.000000187. The molecule has 0 aromatic heterocycles. The second kappa shape index (κ2) is 15.0. The van der Waals surface area contributed by atoms with Crippen molar-refractivity contribution in [3.63, 3.8) is 0 Å². The fourth-order valence-electron chi connectivity index (χ4n) is 0.339. The Bertz CT molecular complexity index is 371. The van der Waals surface area contributed by atoms with Crippen LogP contribution in [0.15, 0.2) is 0 Å². The van der Waals surface area contributed by atoms with Gasteiger partial charge >= 0.3 is 35.8 Å². The molecular weight excluding hydrogens is 749 g/mol. The third kappa shape index (κ3) is 12.7. The van der Waals surface area contributed by atoms with Gasteiger partial charge in [0.05, 0.1) is 0 Å². The minimum atomic E-state index is -2.16. The number of rotatable bonds is 0. The molecule has 0 rings (SSSR count). The maximum atomic E-state index is 10.5. The topological polar surface area (TPSA) is 161 Å². The zero-order chi connectivity index (χ0) is 12.9. The zero-order valence-electron chi connectivity index (χ0n) is 8.40. The SMILES string of the molecule is O=C(O)C(=O)OC(=O)C(=O)OC(=O)C(=O)O.[Cu].[Cu].[Pt].[Pt]. The minimum Gasteiger partial charge on any atom is -0.473 e. The van der Waals surface area contributed by atoms with Gasteiger partial charge in [-0.15, -0.1) is 0 Å². The number of aliphatic carboxylic acids is 2. The number of hydrogen-bond acceptors (Lipinski definition) is 8. The summed E-state index contributed by atoms with van der Waals surface area (Å²) in [5, 5.41) is 15.9. The van der Waals surface area contributed by atoms with Crippen LogP contribution in [0.25, 0.3) is 0 Å². The van der Waals surface area contributed by atoms with Crippen LogP contribution in [-0.4, -0.2) is 46.0 Å². The molecule has 0 unspecified atom stereocenters. The number of hydrogen-bond donors (Lipinski definition) is 2. The molecule has 2 radical (unpaired) electrons. The van der Waals surface area contributed by atoms with Gasteiger partial charge in [-0.25, -0.2) is 28.8 Å². The maximum Gasteiger partial charge on any atom is 0.426 e. The van der Waals surface area contributed by atoms with Gasteiger partial charge < -0.3 is 19.7 Å². The molecule has 20 heavy (non-hydrogen) atoms. The third-order valence-electron chi connectivity index (χ3n) is 0.887. The summed E-state index contributed by atoms with van der Waals surface area (Å²) in [5.74, 6) is -12.7. The van der Waals surface area contributed by atoms with Crippen molar-refractivity contribution in [2.24, 2.45) is 0 Å². The molecule has 0 aromatic rings. The van der Waals surface area contributed by atoms with Gasteiger partial charge in [-0.1, -0.05) is 0 Å². The van der Waals surface area contributed by atoms with Crippen molar-refractivity contribution in [1.29, 1.82) is 0 Å². The van der Waals surface area contributed by atoms with Crippen molar-refractivity contribution in [2.45, 2.75) is 0 Å². The Morgan fingerprint density at radius 1 is 0.550 bits per heavy atom. The van der Waals surface area contributed by atoms with E-state index in [0.717, 1.165) is 0 Å². The molecule has 0 aliphatic carbocycles. The second-order valence-electron chi connectivity index (χ2n) is 1.96. The Labute approximate surface area is 159 Å². The largest absolute Gasteiger partial charge is 0.473 e. The van der Waals surface area contributed by atoms with E-state index in [1.165, 1.54) is 0 Å². The molecular formula is C6H2Cu2O10Pt2. The van der Waals surface area contributed by atoms with Gasteiger partial charge in [0.2, 0.25) is 0 Å². The van der Waals surface area contributed by atoms with Crippen LogP contribution in [0.4, 0.5) is 0 Å².